The molecule has 1 unspecified atom stereocenters. The van der Waals surface area contributed by atoms with E-state index in [0.29, 0.717) is 12.5 Å². The van der Waals surface area contributed by atoms with Crippen molar-refractivity contribution in [2.75, 3.05) is 18.5 Å². The van der Waals surface area contributed by atoms with E-state index in [0.717, 1.165) is 24.3 Å². The summed E-state index contributed by atoms with van der Waals surface area (Å²) in [6.07, 6.45) is 2.35. The number of halogens is 1. The molecular weight excluding hydrogens is 205 g/mol. The third-order valence-corrected chi connectivity index (χ3v) is 2.77. The van der Waals surface area contributed by atoms with E-state index in [2.05, 4.69) is 18.8 Å². The lowest BCUT2D eigenvalue weighted by Crippen LogP contribution is -2.26. The first-order valence-electron chi connectivity index (χ1n) is 5.64. The molecule has 1 atom stereocenters. The molecule has 1 heterocycles. The summed E-state index contributed by atoms with van der Waals surface area (Å²) in [5, 5.41) is 0. The average molecular weight is 225 g/mol. The van der Waals surface area contributed by atoms with Crippen LogP contribution in [0.3, 0.4) is 0 Å². The van der Waals surface area contributed by atoms with Gasteiger partial charge >= 0.3 is 0 Å². The van der Waals surface area contributed by atoms with E-state index in [1.807, 2.05) is 11.9 Å². The summed E-state index contributed by atoms with van der Waals surface area (Å²) >= 11 is 0. The van der Waals surface area contributed by atoms with Gasteiger partial charge in [0.05, 0.1) is 6.20 Å². The first kappa shape index (κ1) is 12.9. The Bertz CT molecular complexity index is 341. The Balaban J connectivity index is 2.85. The quantitative estimate of drug-likeness (QED) is 0.835. The molecule has 0 saturated heterocycles. The smallest absolute Gasteiger partial charge is 0.141 e. The second-order valence-corrected chi connectivity index (χ2v) is 4.23. The number of hydrogen-bond acceptors (Lipinski definition) is 3. The molecule has 0 amide bonds. The highest BCUT2D eigenvalue weighted by molar-refractivity contribution is 5.46. The molecule has 0 saturated carbocycles. The van der Waals surface area contributed by atoms with Gasteiger partial charge in [-0.05, 0) is 12.0 Å². The fraction of sp³-hybridized carbons (Fsp3) is 0.583. The van der Waals surface area contributed by atoms with Crippen LogP contribution >= 0.6 is 0 Å². The number of nitrogens with zero attached hydrogens (tertiary/aromatic N) is 2. The lowest BCUT2D eigenvalue weighted by atomic mass is 10.1. The van der Waals surface area contributed by atoms with Crippen LogP contribution in [0.2, 0.25) is 0 Å². The molecule has 0 aliphatic heterocycles. The van der Waals surface area contributed by atoms with E-state index in [1.165, 1.54) is 12.3 Å². The van der Waals surface area contributed by atoms with E-state index >= 15 is 0 Å². The second-order valence-electron chi connectivity index (χ2n) is 4.23. The molecule has 1 rings (SSSR count). The largest absolute Gasteiger partial charge is 0.359 e. The zero-order valence-corrected chi connectivity index (χ0v) is 10.2. The predicted octanol–water partition coefficient (Wildman–Crippen LogP) is 2.16. The molecular formula is C12H20FN3. The molecule has 2 N–H and O–H groups in total. The molecule has 16 heavy (non-hydrogen) atoms. The van der Waals surface area contributed by atoms with E-state index in [-0.39, 0.29) is 5.82 Å². The normalized spacial score (nSPS) is 12.6. The second kappa shape index (κ2) is 5.80. The highest BCUT2D eigenvalue weighted by Gasteiger charge is 2.11. The molecule has 0 aliphatic carbocycles. The van der Waals surface area contributed by atoms with Crippen LogP contribution in [0.15, 0.2) is 12.3 Å². The Morgan fingerprint density at radius 3 is 2.81 bits per heavy atom. The van der Waals surface area contributed by atoms with E-state index in [9.17, 15) is 4.39 Å². The zero-order valence-electron chi connectivity index (χ0n) is 10.2. The Hall–Kier alpha value is -1.16. The predicted molar refractivity (Wildman–Crippen MR) is 64.8 cm³/mol. The first-order valence-corrected chi connectivity index (χ1v) is 5.64. The summed E-state index contributed by atoms with van der Waals surface area (Å²) in [5.41, 5.74) is 6.34. The summed E-state index contributed by atoms with van der Waals surface area (Å²) in [5.74, 6) is 1.04. The van der Waals surface area contributed by atoms with Crippen molar-refractivity contribution in [3.05, 3.63) is 23.6 Å². The molecule has 90 valence electrons. The summed E-state index contributed by atoms with van der Waals surface area (Å²) in [6, 6.07) is 1.45. The summed E-state index contributed by atoms with van der Waals surface area (Å²) in [6.45, 7) is 5.55. The molecule has 0 aliphatic rings. The topological polar surface area (TPSA) is 42.2 Å². The maximum Gasteiger partial charge on any atom is 0.141 e. The molecule has 1 aromatic rings. The van der Waals surface area contributed by atoms with Crippen LogP contribution < -0.4 is 10.6 Å². The molecule has 0 fully saturated rings. The van der Waals surface area contributed by atoms with Gasteiger partial charge in [0, 0.05) is 25.7 Å². The number of anilines is 1. The van der Waals surface area contributed by atoms with Gasteiger partial charge in [0.1, 0.15) is 11.6 Å². The average Bonchev–Trinajstić information content (AvgIpc) is 2.28. The van der Waals surface area contributed by atoms with Crippen molar-refractivity contribution in [2.24, 2.45) is 11.7 Å². The Morgan fingerprint density at radius 1 is 1.56 bits per heavy atom. The number of aromatic nitrogens is 1. The zero-order chi connectivity index (χ0) is 12.1. The Morgan fingerprint density at radius 2 is 2.25 bits per heavy atom. The first-order chi connectivity index (χ1) is 7.58. The third-order valence-electron chi connectivity index (χ3n) is 2.77. The van der Waals surface area contributed by atoms with Gasteiger partial charge < -0.3 is 10.6 Å². The van der Waals surface area contributed by atoms with E-state index in [1.54, 1.807) is 0 Å². The molecule has 3 nitrogen and oxygen atoms in total. The molecule has 0 bridgehead atoms. The van der Waals surface area contributed by atoms with Gasteiger partial charge in [0.15, 0.2) is 0 Å². The van der Waals surface area contributed by atoms with Gasteiger partial charge in [0.2, 0.25) is 0 Å². The van der Waals surface area contributed by atoms with Gasteiger partial charge in [-0.1, -0.05) is 20.3 Å². The molecule has 0 aromatic carbocycles. The summed E-state index contributed by atoms with van der Waals surface area (Å²) in [4.78, 5) is 6.14. The minimum atomic E-state index is -0.332. The van der Waals surface area contributed by atoms with Crippen LogP contribution in [0.25, 0.3) is 0 Å². The SMILES string of the molecule is CCC(C)CN(C)c1ncc(F)cc1CN. The van der Waals surface area contributed by atoms with Crippen molar-refractivity contribution in [2.45, 2.75) is 26.8 Å². The Labute approximate surface area is 96.5 Å². The van der Waals surface area contributed by atoms with Crippen molar-refractivity contribution in [1.29, 1.82) is 0 Å². The van der Waals surface area contributed by atoms with Crippen molar-refractivity contribution in [1.82, 2.24) is 4.98 Å². The summed E-state index contributed by atoms with van der Waals surface area (Å²) < 4.78 is 13.0. The maximum atomic E-state index is 13.0. The van der Waals surface area contributed by atoms with E-state index < -0.39 is 0 Å². The van der Waals surface area contributed by atoms with Crippen molar-refractivity contribution in [3.63, 3.8) is 0 Å². The number of pyridine rings is 1. The van der Waals surface area contributed by atoms with Crippen LogP contribution in [0.1, 0.15) is 25.8 Å². The Kier molecular flexibility index (Phi) is 4.68. The lowest BCUT2D eigenvalue weighted by Gasteiger charge is -2.23. The minimum absolute atomic E-state index is 0.310. The maximum absolute atomic E-state index is 13.0. The van der Waals surface area contributed by atoms with Crippen LogP contribution in [-0.4, -0.2) is 18.6 Å². The van der Waals surface area contributed by atoms with Crippen LogP contribution in [0.4, 0.5) is 10.2 Å². The molecule has 0 radical (unpaired) electrons. The van der Waals surface area contributed by atoms with Crippen molar-refractivity contribution in [3.8, 4) is 0 Å². The van der Waals surface area contributed by atoms with Gasteiger partial charge in [0.25, 0.3) is 0 Å². The van der Waals surface area contributed by atoms with Gasteiger partial charge in [-0.2, -0.15) is 0 Å². The van der Waals surface area contributed by atoms with Gasteiger partial charge in [-0.15, -0.1) is 0 Å². The highest BCUT2D eigenvalue weighted by atomic mass is 19.1. The standard InChI is InChI=1S/C12H20FN3/c1-4-9(2)8-16(3)12-10(6-14)5-11(13)7-15-12/h5,7,9H,4,6,8,14H2,1-3H3. The monoisotopic (exact) mass is 225 g/mol. The van der Waals surface area contributed by atoms with Gasteiger partial charge in [-0.3, -0.25) is 0 Å². The number of hydrogen-bond donors (Lipinski definition) is 1. The fourth-order valence-corrected chi connectivity index (χ4v) is 1.65. The molecule has 4 heteroatoms. The van der Waals surface area contributed by atoms with Gasteiger partial charge in [-0.25, -0.2) is 9.37 Å². The van der Waals surface area contributed by atoms with Crippen LogP contribution in [0.5, 0.6) is 0 Å². The van der Waals surface area contributed by atoms with Crippen LogP contribution in [-0.2, 0) is 6.54 Å². The van der Waals surface area contributed by atoms with Crippen LogP contribution in [0, 0.1) is 11.7 Å². The van der Waals surface area contributed by atoms with Crippen molar-refractivity contribution < 1.29 is 4.39 Å². The third kappa shape index (κ3) is 3.17. The molecule has 0 spiro atoms. The van der Waals surface area contributed by atoms with Crippen molar-refractivity contribution >= 4 is 5.82 Å². The molecule has 1 aromatic heterocycles. The fourth-order valence-electron chi connectivity index (χ4n) is 1.65. The van der Waals surface area contributed by atoms with E-state index in [4.69, 9.17) is 5.73 Å². The highest BCUT2D eigenvalue weighted by Crippen LogP contribution is 2.18. The number of nitrogens with two attached hydrogens (primary N) is 1. The minimum Gasteiger partial charge on any atom is -0.359 e. The number of rotatable bonds is 5. The summed E-state index contributed by atoms with van der Waals surface area (Å²) in [7, 11) is 1.96. The lowest BCUT2D eigenvalue weighted by molar-refractivity contribution is 0.555.